The summed E-state index contributed by atoms with van der Waals surface area (Å²) in [6.45, 7) is 0. The van der Waals surface area contributed by atoms with Gasteiger partial charge in [-0.25, -0.2) is 9.78 Å². The number of amides is 1. The lowest BCUT2D eigenvalue weighted by molar-refractivity contribution is 0.237. The predicted molar refractivity (Wildman–Crippen MR) is 57.6 cm³/mol. The van der Waals surface area contributed by atoms with Crippen LogP contribution in [0.1, 0.15) is 38.5 Å². The number of aromatic nitrogens is 2. The third-order valence-corrected chi connectivity index (χ3v) is 2.92. The molecule has 1 N–H and O–H groups in total. The van der Waals surface area contributed by atoms with Gasteiger partial charge in [-0.3, -0.25) is 4.57 Å². The van der Waals surface area contributed by atoms with Crippen molar-refractivity contribution < 1.29 is 4.79 Å². The fourth-order valence-corrected chi connectivity index (χ4v) is 2.05. The lowest BCUT2D eigenvalue weighted by Crippen LogP contribution is -2.36. The van der Waals surface area contributed by atoms with Gasteiger partial charge in [-0.05, 0) is 12.8 Å². The van der Waals surface area contributed by atoms with Gasteiger partial charge in [0.1, 0.15) is 6.33 Å². The van der Waals surface area contributed by atoms with Crippen molar-refractivity contribution in [1.29, 1.82) is 0 Å². The molecule has 0 saturated heterocycles. The first-order chi connectivity index (χ1) is 7.36. The first-order valence-corrected chi connectivity index (χ1v) is 5.65. The molecule has 15 heavy (non-hydrogen) atoms. The first kappa shape index (κ1) is 10.2. The second-order valence-corrected chi connectivity index (χ2v) is 4.11. The standard InChI is InChI=1S/C11H17N3O/c15-11(14-8-7-12-9-14)13-10-5-3-1-2-4-6-10/h7-10H,1-6H2,(H,13,15). The third-order valence-electron chi connectivity index (χ3n) is 2.92. The summed E-state index contributed by atoms with van der Waals surface area (Å²) in [5.41, 5.74) is 0. The van der Waals surface area contributed by atoms with Crippen LogP contribution in [0.4, 0.5) is 4.79 Å². The van der Waals surface area contributed by atoms with Gasteiger partial charge >= 0.3 is 6.03 Å². The highest BCUT2D eigenvalue weighted by Gasteiger charge is 2.14. The van der Waals surface area contributed by atoms with E-state index in [4.69, 9.17) is 0 Å². The van der Waals surface area contributed by atoms with Crippen LogP contribution in [0, 0.1) is 0 Å². The van der Waals surface area contributed by atoms with Crippen molar-refractivity contribution in [3.63, 3.8) is 0 Å². The molecule has 1 aromatic heterocycles. The van der Waals surface area contributed by atoms with Gasteiger partial charge in [-0.1, -0.05) is 25.7 Å². The summed E-state index contributed by atoms with van der Waals surface area (Å²) in [5, 5.41) is 3.05. The molecule has 0 bridgehead atoms. The van der Waals surface area contributed by atoms with Crippen molar-refractivity contribution in [1.82, 2.24) is 14.9 Å². The normalized spacial score (nSPS) is 18.4. The molecule has 0 radical (unpaired) electrons. The monoisotopic (exact) mass is 207 g/mol. The van der Waals surface area contributed by atoms with Crippen LogP contribution < -0.4 is 5.32 Å². The van der Waals surface area contributed by atoms with Crippen molar-refractivity contribution in [2.24, 2.45) is 0 Å². The topological polar surface area (TPSA) is 46.9 Å². The van der Waals surface area contributed by atoms with Gasteiger partial charge in [-0.15, -0.1) is 0 Å². The molecular weight excluding hydrogens is 190 g/mol. The molecule has 1 fully saturated rings. The minimum atomic E-state index is -0.0561. The highest BCUT2D eigenvalue weighted by molar-refractivity contribution is 5.76. The van der Waals surface area contributed by atoms with Crippen molar-refractivity contribution in [2.75, 3.05) is 0 Å². The molecule has 0 unspecified atom stereocenters. The van der Waals surface area contributed by atoms with E-state index in [0.717, 1.165) is 12.8 Å². The zero-order valence-electron chi connectivity index (χ0n) is 8.85. The maximum Gasteiger partial charge on any atom is 0.327 e. The lowest BCUT2D eigenvalue weighted by atomic mass is 10.1. The van der Waals surface area contributed by atoms with Gasteiger partial charge in [-0.2, -0.15) is 0 Å². The van der Waals surface area contributed by atoms with Gasteiger partial charge in [0, 0.05) is 18.4 Å². The molecule has 82 valence electrons. The van der Waals surface area contributed by atoms with Gasteiger partial charge in [0.2, 0.25) is 0 Å². The molecule has 2 rings (SSSR count). The molecule has 1 aromatic rings. The summed E-state index contributed by atoms with van der Waals surface area (Å²) in [4.78, 5) is 15.6. The van der Waals surface area contributed by atoms with Crippen molar-refractivity contribution in [2.45, 2.75) is 44.6 Å². The van der Waals surface area contributed by atoms with Crippen molar-refractivity contribution in [3.8, 4) is 0 Å². The van der Waals surface area contributed by atoms with Crippen LogP contribution in [-0.4, -0.2) is 21.6 Å². The van der Waals surface area contributed by atoms with Crippen molar-refractivity contribution in [3.05, 3.63) is 18.7 Å². The molecule has 1 saturated carbocycles. The Bertz CT molecular complexity index is 300. The molecule has 4 heteroatoms. The van der Waals surface area contributed by atoms with E-state index in [1.54, 1.807) is 12.4 Å². The minimum absolute atomic E-state index is 0.0561. The molecule has 4 nitrogen and oxygen atoms in total. The van der Waals surface area contributed by atoms with Crippen LogP contribution in [0.25, 0.3) is 0 Å². The van der Waals surface area contributed by atoms with Crippen LogP contribution in [0.15, 0.2) is 18.7 Å². The summed E-state index contributed by atoms with van der Waals surface area (Å²) >= 11 is 0. The predicted octanol–water partition coefficient (Wildman–Crippen LogP) is 2.16. The zero-order chi connectivity index (χ0) is 10.5. The van der Waals surface area contributed by atoms with E-state index in [-0.39, 0.29) is 6.03 Å². The summed E-state index contributed by atoms with van der Waals surface area (Å²) in [7, 11) is 0. The molecule has 1 heterocycles. The fourth-order valence-electron chi connectivity index (χ4n) is 2.05. The number of carbonyl (C=O) groups is 1. The molecule has 0 atom stereocenters. The SMILES string of the molecule is O=C(NC1CCCCCC1)n1ccnc1. The Morgan fingerprint density at radius 3 is 2.60 bits per heavy atom. The molecule has 0 spiro atoms. The van der Waals surface area contributed by atoms with E-state index in [2.05, 4.69) is 10.3 Å². The van der Waals surface area contributed by atoms with E-state index in [1.165, 1.54) is 36.6 Å². The summed E-state index contributed by atoms with van der Waals surface area (Å²) in [6.07, 6.45) is 12.1. The third kappa shape index (κ3) is 2.81. The largest absolute Gasteiger partial charge is 0.335 e. The quantitative estimate of drug-likeness (QED) is 0.717. The van der Waals surface area contributed by atoms with Crippen LogP contribution in [0.5, 0.6) is 0 Å². The van der Waals surface area contributed by atoms with E-state index in [1.807, 2.05) is 0 Å². The second-order valence-electron chi connectivity index (χ2n) is 4.11. The Kier molecular flexibility index (Phi) is 3.37. The maximum atomic E-state index is 11.7. The average molecular weight is 207 g/mol. The molecule has 0 aromatic carbocycles. The average Bonchev–Trinajstić information content (AvgIpc) is 2.65. The van der Waals surface area contributed by atoms with E-state index in [9.17, 15) is 4.79 Å². The van der Waals surface area contributed by atoms with Crippen LogP contribution in [0.2, 0.25) is 0 Å². The summed E-state index contributed by atoms with van der Waals surface area (Å²) < 4.78 is 1.49. The summed E-state index contributed by atoms with van der Waals surface area (Å²) in [5.74, 6) is 0. The smallest absolute Gasteiger partial charge is 0.327 e. The van der Waals surface area contributed by atoms with Crippen LogP contribution in [0.3, 0.4) is 0 Å². The number of hydrogen-bond acceptors (Lipinski definition) is 2. The Hall–Kier alpha value is -1.32. The van der Waals surface area contributed by atoms with Crippen molar-refractivity contribution >= 4 is 6.03 Å². The number of rotatable bonds is 1. The number of nitrogens with zero attached hydrogens (tertiary/aromatic N) is 2. The van der Waals surface area contributed by atoms with E-state index < -0.39 is 0 Å². The Morgan fingerprint density at radius 2 is 2.00 bits per heavy atom. The number of imidazole rings is 1. The van der Waals surface area contributed by atoms with Gasteiger partial charge in [0.15, 0.2) is 0 Å². The minimum Gasteiger partial charge on any atom is -0.335 e. The zero-order valence-corrected chi connectivity index (χ0v) is 8.85. The first-order valence-electron chi connectivity index (χ1n) is 5.65. The van der Waals surface area contributed by atoms with Gasteiger partial charge in [0.05, 0.1) is 0 Å². The van der Waals surface area contributed by atoms with Gasteiger partial charge < -0.3 is 5.32 Å². The molecular formula is C11H17N3O. The fraction of sp³-hybridized carbons (Fsp3) is 0.636. The molecule has 1 aliphatic carbocycles. The Morgan fingerprint density at radius 1 is 1.27 bits per heavy atom. The lowest BCUT2D eigenvalue weighted by Gasteiger charge is -2.15. The second kappa shape index (κ2) is 4.96. The van der Waals surface area contributed by atoms with E-state index >= 15 is 0 Å². The number of hydrogen-bond donors (Lipinski definition) is 1. The van der Waals surface area contributed by atoms with Crippen LogP contribution >= 0.6 is 0 Å². The Balaban J connectivity index is 1.87. The maximum absolute atomic E-state index is 11.7. The number of nitrogens with one attached hydrogen (secondary N) is 1. The van der Waals surface area contributed by atoms with E-state index in [0.29, 0.717) is 6.04 Å². The highest BCUT2D eigenvalue weighted by atomic mass is 16.2. The van der Waals surface area contributed by atoms with Crippen LogP contribution in [-0.2, 0) is 0 Å². The van der Waals surface area contributed by atoms with Gasteiger partial charge in [0.25, 0.3) is 0 Å². The molecule has 1 amide bonds. The Labute approximate surface area is 89.7 Å². The molecule has 1 aliphatic rings. The summed E-state index contributed by atoms with van der Waals surface area (Å²) in [6, 6.07) is 0.293. The molecule has 0 aliphatic heterocycles. The number of carbonyl (C=O) groups excluding carboxylic acids is 1. The highest BCUT2D eigenvalue weighted by Crippen LogP contribution is 2.17.